The Morgan fingerprint density at radius 2 is 1.93 bits per heavy atom. The molecule has 0 spiro atoms. The molecule has 1 N–H and O–H groups in total. The predicted octanol–water partition coefficient (Wildman–Crippen LogP) is 5.45. The minimum atomic E-state index is -0.865. The second-order valence-corrected chi connectivity index (χ2v) is 7.73. The molecule has 140 valence electrons. The Kier molecular flexibility index (Phi) is 5.91. The van der Waals surface area contributed by atoms with Crippen molar-refractivity contribution in [3.8, 4) is 16.3 Å². The largest absolute Gasteiger partial charge is 0.489 e. The Bertz CT molecular complexity index is 929. The van der Waals surface area contributed by atoms with Gasteiger partial charge in [0.1, 0.15) is 17.4 Å². The predicted molar refractivity (Wildman–Crippen MR) is 108 cm³/mol. The standard InChI is InChI=1S/C22H23NO3S/c1-14(2)20-9-8-19(10-15(20)3)26-12-16-4-6-17(7-5-16)22-23-18(13-27-22)11-21(24)25/h4-10,13-14H,11-12H2,1-3H3,(H,24,25). The van der Waals surface area contributed by atoms with Gasteiger partial charge in [-0.15, -0.1) is 11.3 Å². The van der Waals surface area contributed by atoms with Gasteiger partial charge in [-0.2, -0.15) is 0 Å². The third-order valence-electron chi connectivity index (χ3n) is 4.35. The fourth-order valence-electron chi connectivity index (χ4n) is 2.97. The van der Waals surface area contributed by atoms with Crippen molar-refractivity contribution in [2.45, 2.75) is 39.7 Å². The van der Waals surface area contributed by atoms with E-state index in [9.17, 15) is 4.79 Å². The molecule has 3 rings (SSSR count). The summed E-state index contributed by atoms with van der Waals surface area (Å²) in [6.45, 7) is 7.00. The van der Waals surface area contributed by atoms with Crippen molar-refractivity contribution in [2.24, 2.45) is 0 Å². The van der Waals surface area contributed by atoms with Gasteiger partial charge in [0.2, 0.25) is 0 Å². The van der Waals surface area contributed by atoms with Gasteiger partial charge in [-0.1, -0.05) is 44.2 Å². The lowest BCUT2D eigenvalue weighted by Crippen LogP contribution is -2.00. The summed E-state index contributed by atoms with van der Waals surface area (Å²) in [4.78, 5) is 15.2. The molecule has 0 unspecified atom stereocenters. The number of aliphatic carboxylic acids is 1. The van der Waals surface area contributed by atoms with Crippen LogP contribution in [0.1, 0.15) is 42.1 Å². The lowest BCUT2D eigenvalue weighted by atomic mass is 9.98. The van der Waals surface area contributed by atoms with Crippen LogP contribution in [0.5, 0.6) is 5.75 Å². The van der Waals surface area contributed by atoms with E-state index in [1.165, 1.54) is 22.5 Å². The fraction of sp³-hybridized carbons (Fsp3) is 0.273. The van der Waals surface area contributed by atoms with Crippen LogP contribution >= 0.6 is 11.3 Å². The second-order valence-electron chi connectivity index (χ2n) is 6.87. The summed E-state index contributed by atoms with van der Waals surface area (Å²) >= 11 is 1.46. The van der Waals surface area contributed by atoms with Gasteiger partial charge in [0.25, 0.3) is 0 Å². The van der Waals surface area contributed by atoms with Crippen LogP contribution in [0.4, 0.5) is 0 Å². The van der Waals surface area contributed by atoms with Crippen molar-refractivity contribution in [3.63, 3.8) is 0 Å². The summed E-state index contributed by atoms with van der Waals surface area (Å²) in [5, 5.41) is 11.5. The molecule has 0 fully saturated rings. The van der Waals surface area contributed by atoms with E-state index in [-0.39, 0.29) is 6.42 Å². The monoisotopic (exact) mass is 381 g/mol. The van der Waals surface area contributed by atoms with E-state index in [1.54, 1.807) is 5.38 Å². The minimum Gasteiger partial charge on any atom is -0.489 e. The topological polar surface area (TPSA) is 59.4 Å². The molecule has 0 saturated heterocycles. The van der Waals surface area contributed by atoms with Crippen molar-refractivity contribution < 1.29 is 14.6 Å². The number of hydrogen-bond acceptors (Lipinski definition) is 4. The first-order valence-electron chi connectivity index (χ1n) is 8.91. The van der Waals surface area contributed by atoms with E-state index in [0.717, 1.165) is 21.9 Å². The number of aryl methyl sites for hydroxylation is 1. The average Bonchev–Trinajstić information content (AvgIpc) is 3.08. The lowest BCUT2D eigenvalue weighted by molar-refractivity contribution is -0.136. The zero-order valence-corrected chi connectivity index (χ0v) is 16.5. The third kappa shape index (κ3) is 4.95. The van der Waals surface area contributed by atoms with Crippen LogP contribution in [-0.2, 0) is 17.8 Å². The van der Waals surface area contributed by atoms with Gasteiger partial charge in [0, 0.05) is 10.9 Å². The van der Waals surface area contributed by atoms with Gasteiger partial charge >= 0.3 is 5.97 Å². The van der Waals surface area contributed by atoms with Crippen LogP contribution in [0.15, 0.2) is 47.8 Å². The van der Waals surface area contributed by atoms with Gasteiger partial charge < -0.3 is 9.84 Å². The van der Waals surface area contributed by atoms with Crippen LogP contribution in [0.2, 0.25) is 0 Å². The normalized spacial score (nSPS) is 11.0. The summed E-state index contributed by atoms with van der Waals surface area (Å²) < 4.78 is 5.92. The number of nitrogens with zero attached hydrogens (tertiary/aromatic N) is 1. The average molecular weight is 381 g/mol. The minimum absolute atomic E-state index is 0.0442. The van der Waals surface area contributed by atoms with Crippen molar-refractivity contribution >= 4 is 17.3 Å². The maximum atomic E-state index is 10.8. The summed E-state index contributed by atoms with van der Waals surface area (Å²) in [7, 11) is 0. The Labute approximate surface area is 163 Å². The molecule has 2 aromatic carbocycles. The van der Waals surface area contributed by atoms with Crippen molar-refractivity contribution in [1.29, 1.82) is 0 Å². The van der Waals surface area contributed by atoms with Gasteiger partial charge in [0.05, 0.1) is 12.1 Å². The molecule has 4 nitrogen and oxygen atoms in total. The number of carboxylic acid groups (broad SMARTS) is 1. The molecule has 0 aliphatic heterocycles. The number of benzene rings is 2. The Morgan fingerprint density at radius 1 is 1.19 bits per heavy atom. The third-order valence-corrected chi connectivity index (χ3v) is 5.29. The van der Waals surface area contributed by atoms with E-state index in [2.05, 4.69) is 37.9 Å². The Morgan fingerprint density at radius 3 is 2.56 bits per heavy atom. The van der Waals surface area contributed by atoms with Crippen LogP contribution in [0.25, 0.3) is 10.6 Å². The molecule has 5 heteroatoms. The van der Waals surface area contributed by atoms with Crippen LogP contribution in [-0.4, -0.2) is 16.1 Å². The summed E-state index contributed by atoms with van der Waals surface area (Å²) in [6, 6.07) is 14.3. The van der Waals surface area contributed by atoms with Gasteiger partial charge in [0.15, 0.2) is 0 Å². The molecule has 0 saturated carbocycles. The highest BCUT2D eigenvalue weighted by atomic mass is 32.1. The Balaban J connectivity index is 1.63. The molecule has 0 bridgehead atoms. The molecule has 3 aromatic rings. The molecule has 1 heterocycles. The summed E-state index contributed by atoms with van der Waals surface area (Å²) in [6.07, 6.45) is -0.0442. The van der Waals surface area contributed by atoms with Crippen LogP contribution < -0.4 is 4.74 Å². The molecule has 27 heavy (non-hydrogen) atoms. The van der Waals surface area contributed by atoms with Gasteiger partial charge in [-0.25, -0.2) is 4.98 Å². The zero-order chi connectivity index (χ0) is 19.4. The SMILES string of the molecule is Cc1cc(OCc2ccc(-c3nc(CC(=O)O)cs3)cc2)ccc1C(C)C. The zero-order valence-electron chi connectivity index (χ0n) is 15.7. The highest BCUT2D eigenvalue weighted by molar-refractivity contribution is 7.13. The van der Waals surface area contributed by atoms with Crippen LogP contribution in [0, 0.1) is 6.92 Å². The first-order valence-corrected chi connectivity index (χ1v) is 9.79. The number of carboxylic acids is 1. The molecule has 0 aliphatic carbocycles. The van der Waals surface area contributed by atoms with Crippen molar-refractivity contribution in [3.05, 3.63) is 70.2 Å². The molecular weight excluding hydrogens is 358 g/mol. The fourth-order valence-corrected chi connectivity index (χ4v) is 3.80. The second kappa shape index (κ2) is 8.35. The van der Waals surface area contributed by atoms with E-state index >= 15 is 0 Å². The lowest BCUT2D eigenvalue weighted by Gasteiger charge is -2.12. The highest BCUT2D eigenvalue weighted by Gasteiger charge is 2.08. The highest BCUT2D eigenvalue weighted by Crippen LogP contribution is 2.26. The maximum absolute atomic E-state index is 10.8. The number of ether oxygens (including phenoxy) is 1. The van der Waals surface area contributed by atoms with E-state index in [4.69, 9.17) is 9.84 Å². The summed E-state index contributed by atoms with van der Waals surface area (Å²) in [5.41, 5.74) is 5.25. The number of aromatic nitrogens is 1. The number of thiazole rings is 1. The smallest absolute Gasteiger partial charge is 0.309 e. The molecule has 0 aliphatic rings. The van der Waals surface area contributed by atoms with E-state index < -0.39 is 5.97 Å². The summed E-state index contributed by atoms with van der Waals surface area (Å²) in [5.74, 6) is 0.517. The molecule has 0 radical (unpaired) electrons. The molecule has 1 aromatic heterocycles. The van der Waals surface area contributed by atoms with E-state index in [1.807, 2.05) is 30.3 Å². The Hall–Kier alpha value is -2.66. The van der Waals surface area contributed by atoms with E-state index in [0.29, 0.717) is 18.2 Å². The quantitative estimate of drug-likeness (QED) is 0.591. The van der Waals surface area contributed by atoms with Crippen molar-refractivity contribution in [2.75, 3.05) is 0 Å². The van der Waals surface area contributed by atoms with Gasteiger partial charge in [-0.05, 0) is 41.7 Å². The van der Waals surface area contributed by atoms with Gasteiger partial charge in [-0.3, -0.25) is 4.79 Å². The maximum Gasteiger partial charge on any atom is 0.309 e. The number of carbonyl (C=O) groups is 1. The first-order chi connectivity index (χ1) is 12.9. The number of hydrogen-bond donors (Lipinski definition) is 1. The van der Waals surface area contributed by atoms with Crippen LogP contribution in [0.3, 0.4) is 0 Å². The molecular formula is C22H23NO3S. The molecule has 0 amide bonds. The number of rotatable bonds is 7. The molecule has 0 atom stereocenters. The first kappa shape index (κ1) is 19.1. The van der Waals surface area contributed by atoms with Crippen molar-refractivity contribution in [1.82, 2.24) is 4.98 Å².